The summed E-state index contributed by atoms with van der Waals surface area (Å²) in [7, 11) is 3.75. The van der Waals surface area contributed by atoms with Gasteiger partial charge in [0, 0.05) is 19.3 Å². The lowest BCUT2D eigenvalue weighted by molar-refractivity contribution is 0.157. The summed E-state index contributed by atoms with van der Waals surface area (Å²) in [6, 6.07) is 5.70. The lowest BCUT2D eigenvalue weighted by Gasteiger charge is -2.13. The number of nitrogens with zero attached hydrogens (tertiary/aromatic N) is 2. The standard InChI is InChI=1S/C12H18N4O/c1-16(5-6-17-2)8-12-14-10-4-3-9(13)7-11(10)15-12/h3-4,7H,5-6,8,13H2,1-2H3,(H,14,15). The van der Waals surface area contributed by atoms with E-state index in [-0.39, 0.29) is 0 Å². The fourth-order valence-corrected chi connectivity index (χ4v) is 1.74. The second kappa shape index (κ2) is 5.16. The van der Waals surface area contributed by atoms with Crippen LogP contribution in [0.5, 0.6) is 0 Å². The van der Waals surface area contributed by atoms with E-state index in [1.54, 1.807) is 7.11 Å². The summed E-state index contributed by atoms with van der Waals surface area (Å²) in [5, 5.41) is 0. The molecular formula is C12H18N4O. The minimum Gasteiger partial charge on any atom is -0.399 e. The number of nitrogens with one attached hydrogen (secondary N) is 1. The number of hydrogen-bond acceptors (Lipinski definition) is 4. The number of likely N-dealkylation sites (N-methyl/N-ethyl adjacent to an activating group) is 1. The van der Waals surface area contributed by atoms with E-state index in [0.717, 1.165) is 42.2 Å². The molecule has 0 spiro atoms. The molecule has 5 nitrogen and oxygen atoms in total. The summed E-state index contributed by atoms with van der Waals surface area (Å²) >= 11 is 0. The fourth-order valence-electron chi connectivity index (χ4n) is 1.74. The van der Waals surface area contributed by atoms with Crippen LogP contribution < -0.4 is 5.73 Å². The Balaban J connectivity index is 2.08. The molecular weight excluding hydrogens is 216 g/mol. The SMILES string of the molecule is COCCN(C)Cc1nc2ccc(N)cc2[nH]1. The largest absolute Gasteiger partial charge is 0.399 e. The highest BCUT2D eigenvalue weighted by atomic mass is 16.5. The van der Waals surface area contributed by atoms with Crippen molar-refractivity contribution in [1.29, 1.82) is 0 Å². The van der Waals surface area contributed by atoms with Crippen LogP contribution in [0.25, 0.3) is 11.0 Å². The van der Waals surface area contributed by atoms with E-state index < -0.39 is 0 Å². The van der Waals surface area contributed by atoms with Crippen molar-refractivity contribution in [3.05, 3.63) is 24.0 Å². The first-order valence-corrected chi connectivity index (χ1v) is 5.60. The Kier molecular flexibility index (Phi) is 3.61. The van der Waals surface area contributed by atoms with Crippen LogP contribution in [0.15, 0.2) is 18.2 Å². The maximum atomic E-state index is 5.73. The minimum atomic E-state index is 0.726. The van der Waals surface area contributed by atoms with Gasteiger partial charge in [0.1, 0.15) is 5.82 Å². The van der Waals surface area contributed by atoms with E-state index >= 15 is 0 Å². The van der Waals surface area contributed by atoms with Gasteiger partial charge in [-0.1, -0.05) is 0 Å². The van der Waals surface area contributed by atoms with Crippen LogP contribution in [0.3, 0.4) is 0 Å². The van der Waals surface area contributed by atoms with Crippen molar-refractivity contribution >= 4 is 16.7 Å². The Labute approximate surface area is 101 Å². The number of hydrogen-bond donors (Lipinski definition) is 2. The maximum absolute atomic E-state index is 5.73. The summed E-state index contributed by atoms with van der Waals surface area (Å²) < 4.78 is 5.04. The van der Waals surface area contributed by atoms with Gasteiger partial charge in [0.25, 0.3) is 0 Å². The number of aromatic nitrogens is 2. The summed E-state index contributed by atoms with van der Waals surface area (Å²) in [5.41, 5.74) is 8.42. The predicted molar refractivity (Wildman–Crippen MR) is 68.7 cm³/mol. The molecule has 17 heavy (non-hydrogen) atoms. The molecule has 1 heterocycles. The topological polar surface area (TPSA) is 67.2 Å². The van der Waals surface area contributed by atoms with Gasteiger partial charge in [-0.3, -0.25) is 4.90 Å². The summed E-state index contributed by atoms with van der Waals surface area (Å²) in [4.78, 5) is 9.94. The van der Waals surface area contributed by atoms with E-state index in [0.29, 0.717) is 0 Å². The van der Waals surface area contributed by atoms with Crippen molar-refractivity contribution < 1.29 is 4.74 Å². The number of H-pyrrole nitrogens is 1. The molecule has 0 saturated carbocycles. The highest BCUT2D eigenvalue weighted by Crippen LogP contribution is 2.15. The number of nitrogens with two attached hydrogens (primary N) is 1. The summed E-state index contributed by atoms with van der Waals surface area (Å²) in [5.74, 6) is 0.948. The summed E-state index contributed by atoms with van der Waals surface area (Å²) in [6.07, 6.45) is 0. The van der Waals surface area contributed by atoms with Crippen molar-refractivity contribution in [3.8, 4) is 0 Å². The van der Waals surface area contributed by atoms with Crippen LogP contribution in [0.4, 0.5) is 5.69 Å². The molecule has 0 saturated heterocycles. The number of nitrogen functional groups attached to an aromatic ring is 1. The molecule has 0 unspecified atom stereocenters. The van der Waals surface area contributed by atoms with Crippen LogP contribution in [-0.2, 0) is 11.3 Å². The lowest BCUT2D eigenvalue weighted by Crippen LogP contribution is -2.22. The number of ether oxygens (including phenoxy) is 1. The monoisotopic (exact) mass is 234 g/mol. The summed E-state index contributed by atoms with van der Waals surface area (Å²) in [6.45, 7) is 2.39. The number of methoxy groups -OCH3 is 1. The molecule has 0 atom stereocenters. The Morgan fingerprint density at radius 1 is 1.47 bits per heavy atom. The molecule has 1 aromatic carbocycles. The van der Waals surface area contributed by atoms with Gasteiger partial charge < -0.3 is 15.5 Å². The molecule has 0 aliphatic heterocycles. The van der Waals surface area contributed by atoms with Gasteiger partial charge in [0.05, 0.1) is 24.2 Å². The molecule has 0 aliphatic carbocycles. The van der Waals surface area contributed by atoms with Crippen LogP contribution in [0, 0.1) is 0 Å². The average Bonchev–Trinajstić information content (AvgIpc) is 2.67. The second-order valence-corrected chi connectivity index (χ2v) is 4.19. The molecule has 92 valence electrons. The van der Waals surface area contributed by atoms with E-state index in [1.807, 2.05) is 25.2 Å². The van der Waals surface area contributed by atoms with Gasteiger partial charge in [-0.05, 0) is 25.2 Å². The van der Waals surface area contributed by atoms with Crippen molar-refractivity contribution in [1.82, 2.24) is 14.9 Å². The molecule has 1 aromatic heterocycles. The van der Waals surface area contributed by atoms with Gasteiger partial charge >= 0.3 is 0 Å². The number of rotatable bonds is 5. The molecule has 0 amide bonds. The normalized spacial score (nSPS) is 11.5. The second-order valence-electron chi connectivity index (χ2n) is 4.19. The van der Waals surface area contributed by atoms with Crippen molar-refractivity contribution in [2.24, 2.45) is 0 Å². The van der Waals surface area contributed by atoms with Crippen LogP contribution in [0.1, 0.15) is 5.82 Å². The fraction of sp³-hybridized carbons (Fsp3) is 0.417. The van der Waals surface area contributed by atoms with Gasteiger partial charge in [-0.25, -0.2) is 4.98 Å². The molecule has 0 bridgehead atoms. The zero-order chi connectivity index (χ0) is 12.3. The third-order valence-corrected chi connectivity index (χ3v) is 2.65. The van der Waals surface area contributed by atoms with Gasteiger partial charge in [-0.2, -0.15) is 0 Å². The Hall–Kier alpha value is -1.59. The highest BCUT2D eigenvalue weighted by Gasteiger charge is 2.05. The number of imidazole rings is 1. The van der Waals surface area contributed by atoms with Gasteiger partial charge in [-0.15, -0.1) is 0 Å². The first kappa shape index (κ1) is 11.9. The number of fused-ring (bicyclic) bond motifs is 1. The molecule has 0 aliphatic rings. The predicted octanol–water partition coefficient (Wildman–Crippen LogP) is 1.22. The van der Waals surface area contributed by atoms with Crippen LogP contribution in [-0.4, -0.2) is 42.2 Å². The quantitative estimate of drug-likeness (QED) is 0.763. The minimum absolute atomic E-state index is 0.726. The van der Waals surface area contributed by atoms with Crippen molar-refractivity contribution in [2.45, 2.75) is 6.54 Å². The number of benzene rings is 1. The molecule has 0 radical (unpaired) electrons. The van der Waals surface area contributed by atoms with Crippen LogP contribution in [0.2, 0.25) is 0 Å². The van der Waals surface area contributed by atoms with E-state index in [2.05, 4.69) is 14.9 Å². The molecule has 0 fully saturated rings. The Bertz CT molecular complexity index is 494. The van der Waals surface area contributed by atoms with Crippen molar-refractivity contribution in [2.75, 3.05) is 33.0 Å². The molecule has 3 N–H and O–H groups in total. The average molecular weight is 234 g/mol. The van der Waals surface area contributed by atoms with Gasteiger partial charge in [0.15, 0.2) is 0 Å². The van der Waals surface area contributed by atoms with Crippen molar-refractivity contribution in [3.63, 3.8) is 0 Å². The lowest BCUT2D eigenvalue weighted by atomic mass is 10.3. The first-order valence-electron chi connectivity index (χ1n) is 5.60. The zero-order valence-electron chi connectivity index (χ0n) is 10.2. The first-order chi connectivity index (χ1) is 8.19. The Morgan fingerprint density at radius 2 is 2.29 bits per heavy atom. The van der Waals surface area contributed by atoms with E-state index in [4.69, 9.17) is 10.5 Å². The van der Waals surface area contributed by atoms with Crippen LogP contribution >= 0.6 is 0 Å². The molecule has 2 rings (SSSR count). The van der Waals surface area contributed by atoms with E-state index in [9.17, 15) is 0 Å². The smallest absolute Gasteiger partial charge is 0.121 e. The maximum Gasteiger partial charge on any atom is 0.121 e. The third kappa shape index (κ3) is 2.95. The number of anilines is 1. The highest BCUT2D eigenvalue weighted by molar-refractivity contribution is 5.78. The third-order valence-electron chi connectivity index (χ3n) is 2.65. The zero-order valence-corrected chi connectivity index (χ0v) is 10.2. The van der Waals surface area contributed by atoms with E-state index in [1.165, 1.54) is 0 Å². The molecule has 5 heteroatoms. The van der Waals surface area contributed by atoms with Gasteiger partial charge in [0.2, 0.25) is 0 Å². The molecule has 2 aromatic rings. The Morgan fingerprint density at radius 3 is 3.06 bits per heavy atom. The number of aromatic amines is 1.